The standard InChI is InChI=1S/C11H14N2.C2HF3O2/c1-2-10(8-12-6-1)3-4-11-5-7-13-9-11;3-2(4,5)1(6)7/h1-4,6,8,11,13H,5,7,9H2;(H,6,7)/b4-3+;/t11-;/m1./s1. The number of carboxylic acids is 1. The molecule has 1 fully saturated rings. The van der Waals surface area contributed by atoms with E-state index in [-0.39, 0.29) is 0 Å². The summed E-state index contributed by atoms with van der Waals surface area (Å²) in [5.41, 5.74) is 1.19. The molecule has 0 saturated carbocycles. The summed E-state index contributed by atoms with van der Waals surface area (Å²) >= 11 is 0. The van der Waals surface area contributed by atoms with E-state index in [2.05, 4.69) is 28.5 Å². The predicted molar refractivity (Wildman–Crippen MR) is 67.9 cm³/mol. The van der Waals surface area contributed by atoms with Crippen LogP contribution in [0.15, 0.2) is 30.6 Å². The quantitative estimate of drug-likeness (QED) is 0.877. The monoisotopic (exact) mass is 288 g/mol. The van der Waals surface area contributed by atoms with E-state index < -0.39 is 12.1 Å². The van der Waals surface area contributed by atoms with Gasteiger partial charge in [-0.15, -0.1) is 0 Å². The van der Waals surface area contributed by atoms with E-state index in [4.69, 9.17) is 9.90 Å². The maximum absolute atomic E-state index is 10.6. The number of nitrogens with zero attached hydrogens (tertiary/aromatic N) is 1. The number of halogens is 3. The van der Waals surface area contributed by atoms with Gasteiger partial charge in [-0.3, -0.25) is 4.98 Å². The SMILES string of the molecule is C(=C\[C@@H]1CCNC1)/c1cccnc1.O=C(O)C(F)(F)F. The minimum atomic E-state index is -5.08. The molecule has 4 nitrogen and oxygen atoms in total. The summed E-state index contributed by atoms with van der Waals surface area (Å²) in [6, 6.07) is 4.04. The first-order valence-electron chi connectivity index (χ1n) is 5.98. The van der Waals surface area contributed by atoms with Crippen LogP contribution in [0.1, 0.15) is 12.0 Å². The summed E-state index contributed by atoms with van der Waals surface area (Å²) in [4.78, 5) is 13.0. The van der Waals surface area contributed by atoms with Crippen molar-refractivity contribution in [2.45, 2.75) is 12.6 Å². The normalized spacial score (nSPS) is 18.6. The van der Waals surface area contributed by atoms with Crippen LogP contribution in [0, 0.1) is 5.92 Å². The van der Waals surface area contributed by atoms with Crippen molar-refractivity contribution in [1.82, 2.24) is 10.3 Å². The maximum Gasteiger partial charge on any atom is 0.490 e. The Morgan fingerprint density at radius 2 is 2.20 bits per heavy atom. The van der Waals surface area contributed by atoms with E-state index in [9.17, 15) is 13.2 Å². The van der Waals surface area contributed by atoms with Gasteiger partial charge in [0.15, 0.2) is 0 Å². The Balaban J connectivity index is 0.000000246. The second-order valence-corrected chi connectivity index (χ2v) is 4.20. The van der Waals surface area contributed by atoms with Crippen LogP contribution >= 0.6 is 0 Å². The van der Waals surface area contributed by atoms with Crippen molar-refractivity contribution < 1.29 is 23.1 Å². The molecule has 1 atom stereocenters. The lowest BCUT2D eigenvalue weighted by Gasteiger charge is -1.98. The van der Waals surface area contributed by atoms with Gasteiger partial charge in [0.2, 0.25) is 0 Å². The van der Waals surface area contributed by atoms with Crippen LogP contribution in [0.3, 0.4) is 0 Å². The first kappa shape index (κ1) is 16.2. The van der Waals surface area contributed by atoms with Crippen molar-refractivity contribution in [3.8, 4) is 0 Å². The van der Waals surface area contributed by atoms with E-state index >= 15 is 0 Å². The molecule has 0 amide bonds. The summed E-state index contributed by atoms with van der Waals surface area (Å²) in [7, 11) is 0. The van der Waals surface area contributed by atoms with Gasteiger partial charge in [-0.25, -0.2) is 4.79 Å². The zero-order valence-corrected chi connectivity index (χ0v) is 10.6. The van der Waals surface area contributed by atoms with Crippen molar-refractivity contribution in [3.05, 3.63) is 36.2 Å². The Morgan fingerprint density at radius 3 is 2.65 bits per heavy atom. The number of hydrogen-bond donors (Lipinski definition) is 2. The summed E-state index contributed by atoms with van der Waals surface area (Å²) in [5.74, 6) is -2.05. The van der Waals surface area contributed by atoms with Crippen molar-refractivity contribution in [2.24, 2.45) is 5.92 Å². The van der Waals surface area contributed by atoms with Crippen molar-refractivity contribution in [1.29, 1.82) is 0 Å². The highest BCUT2D eigenvalue weighted by Crippen LogP contribution is 2.13. The number of hydrogen-bond acceptors (Lipinski definition) is 3. The van der Waals surface area contributed by atoms with Gasteiger partial charge in [0, 0.05) is 18.9 Å². The van der Waals surface area contributed by atoms with Crippen molar-refractivity contribution in [2.75, 3.05) is 13.1 Å². The predicted octanol–water partition coefficient (Wildman–Crippen LogP) is 2.34. The van der Waals surface area contributed by atoms with Crippen LogP contribution in [0.25, 0.3) is 6.08 Å². The molecule has 110 valence electrons. The Bertz CT molecular complexity index is 441. The van der Waals surface area contributed by atoms with E-state index in [1.165, 1.54) is 12.0 Å². The molecule has 1 saturated heterocycles. The van der Waals surface area contributed by atoms with Gasteiger partial charge in [0.25, 0.3) is 0 Å². The Morgan fingerprint density at radius 1 is 1.50 bits per heavy atom. The van der Waals surface area contributed by atoms with Crippen LogP contribution in [0.4, 0.5) is 13.2 Å². The highest BCUT2D eigenvalue weighted by Gasteiger charge is 2.38. The summed E-state index contributed by atoms with van der Waals surface area (Å²) in [6.07, 6.45) is 4.30. The maximum atomic E-state index is 10.6. The lowest BCUT2D eigenvalue weighted by molar-refractivity contribution is -0.192. The summed E-state index contributed by atoms with van der Waals surface area (Å²) < 4.78 is 31.7. The molecule has 1 aliphatic rings. The molecule has 0 unspecified atom stereocenters. The first-order valence-corrected chi connectivity index (χ1v) is 5.98. The molecular formula is C13H15F3N2O2. The molecule has 2 heterocycles. The molecule has 1 aromatic rings. The van der Waals surface area contributed by atoms with Crippen LogP contribution in [-0.4, -0.2) is 35.3 Å². The van der Waals surface area contributed by atoms with Gasteiger partial charge in [-0.05, 0) is 30.5 Å². The third kappa shape index (κ3) is 6.33. The molecule has 2 N–H and O–H groups in total. The lowest BCUT2D eigenvalue weighted by atomic mass is 10.1. The zero-order valence-electron chi connectivity index (χ0n) is 10.6. The molecule has 1 aromatic heterocycles. The number of alkyl halides is 3. The molecule has 2 rings (SSSR count). The molecule has 7 heteroatoms. The van der Waals surface area contributed by atoms with E-state index in [0.29, 0.717) is 5.92 Å². The Labute approximate surface area is 114 Å². The average Bonchev–Trinajstić information content (AvgIpc) is 2.90. The fraction of sp³-hybridized carbons (Fsp3) is 0.385. The molecule has 1 aliphatic heterocycles. The van der Waals surface area contributed by atoms with Crippen molar-refractivity contribution >= 4 is 12.0 Å². The van der Waals surface area contributed by atoms with E-state index in [0.717, 1.165) is 13.1 Å². The topological polar surface area (TPSA) is 62.2 Å². The van der Waals surface area contributed by atoms with Crippen LogP contribution in [-0.2, 0) is 4.79 Å². The fourth-order valence-corrected chi connectivity index (χ4v) is 1.56. The first-order chi connectivity index (χ1) is 9.39. The molecule has 0 radical (unpaired) electrons. The summed E-state index contributed by atoms with van der Waals surface area (Å²) in [5, 5.41) is 10.5. The fourth-order valence-electron chi connectivity index (χ4n) is 1.56. The minimum absolute atomic E-state index is 0.709. The molecule has 0 aromatic carbocycles. The Kier molecular flexibility index (Phi) is 6.17. The van der Waals surface area contributed by atoms with Crippen molar-refractivity contribution in [3.63, 3.8) is 0 Å². The van der Waals surface area contributed by atoms with Crippen LogP contribution < -0.4 is 5.32 Å². The highest BCUT2D eigenvalue weighted by molar-refractivity contribution is 5.73. The average molecular weight is 288 g/mol. The van der Waals surface area contributed by atoms with Gasteiger partial charge < -0.3 is 10.4 Å². The lowest BCUT2D eigenvalue weighted by Crippen LogP contribution is -2.21. The van der Waals surface area contributed by atoms with Gasteiger partial charge >= 0.3 is 12.1 Å². The van der Waals surface area contributed by atoms with Gasteiger partial charge in [-0.1, -0.05) is 18.2 Å². The third-order valence-corrected chi connectivity index (χ3v) is 2.59. The van der Waals surface area contributed by atoms with Gasteiger partial charge in [0.1, 0.15) is 0 Å². The Hall–Kier alpha value is -1.89. The minimum Gasteiger partial charge on any atom is -0.475 e. The second-order valence-electron chi connectivity index (χ2n) is 4.20. The largest absolute Gasteiger partial charge is 0.490 e. The highest BCUT2D eigenvalue weighted by atomic mass is 19.4. The molecule has 0 bridgehead atoms. The number of pyridine rings is 1. The number of nitrogens with one attached hydrogen (secondary N) is 1. The third-order valence-electron chi connectivity index (χ3n) is 2.59. The van der Waals surface area contributed by atoms with Gasteiger partial charge in [-0.2, -0.15) is 13.2 Å². The molecule has 20 heavy (non-hydrogen) atoms. The number of carboxylic acid groups (broad SMARTS) is 1. The number of aliphatic carboxylic acids is 1. The van der Waals surface area contributed by atoms with Gasteiger partial charge in [0.05, 0.1) is 0 Å². The second kappa shape index (κ2) is 7.64. The zero-order chi connectivity index (χ0) is 15.0. The van der Waals surface area contributed by atoms with Crippen LogP contribution in [0.2, 0.25) is 0 Å². The smallest absolute Gasteiger partial charge is 0.475 e. The number of aromatic nitrogens is 1. The van der Waals surface area contributed by atoms with E-state index in [1.54, 1.807) is 6.20 Å². The molecule has 0 spiro atoms. The number of carbonyl (C=O) groups is 1. The van der Waals surface area contributed by atoms with E-state index in [1.807, 2.05) is 12.3 Å². The summed E-state index contributed by atoms with van der Waals surface area (Å²) in [6.45, 7) is 2.28. The van der Waals surface area contributed by atoms with Crippen LogP contribution in [0.5, 0.6) is 0 Å². The molecular weight excluding hydrogens is 273 g/mol. The molecule has 0 aliphatic carbocycles. The number of rotatable bonds is 2.